The van der Waals surface area contributed by atoms with Crippen molar-refractivity contribution in [2.45, 2.75) is 69.8 Å². The fourth-order valence-corrected chi connectivity index (χ4v) is 55.7. The second kappa shape index (κ2) is 62.5. The summed E-state index contributed by atoms with van der Waals surface area (Å²) in [4.78, 5) is 15.9. The maximum atomic E-state index is 11.4. The van der Waals surface area contributed by atoms with Crippen LogP contribution in [0.15, 0.2) is 97.1 Å². The average molecular weight is 1730 g/mol. The van der Waals surface area contributed by atoms with Crippen molar-refractivity contribution >= 4 is 298 Å². The molecular weight excluding hydrogens is 1680 g/mol. The summed E-state index contributed by atoms with van der Waals surface area (Å²) < 4.78 is 9.89. The van der Waals surface area contributed by atoms with E-state index >= 15 is 0 Å². The van der Waals surface area contributed by atoms with Crippen molar-refractivity contribution in [1.29, 1.82) is 0 Å². The Balaban J connectivity index is -0.000000921. The Bertz CT molecular complexity index is 3050. The topological polar surface area (TPSA) is 68.2 Å². The van der Waals surface area contributed by atoms with Crippen LogP contribution in [0.3, 0.4) is 0 Å². The fraction of sp³-hybridized carbons (Fsp3) is 0.432. The number of rotatable bonds is 5. The van der Waals surface area contributed by atoms with Crippen molar-refractivity contribution in [3.8, 4) is 0 Å². The van der Waals surface area contributed by atoms with Gasteiger partial charge in [-0.25, -0.2) is 5.06 Å². The van der Waals surface area contributed by atoms with Gasteiger partial charge in [0.05, 0.1) is 7.11 Å². The molecule has 0 bridgehead atoms. The molecule has 0 spiro atoms. The number of hydrogen-bond acceptors (Lipinski definition) is 7. The number of carbonyl (C=O) groups excluding carboxylic acids is 1. The van der Waals surface area contributed by atoms with Gasteiger partial charge in [0.1, 0.15) is 5.60 Å². The van der Waals surface area contributed by atoms with Gasteiger partial charge in [0.15, 0.2) is 0 Å². The van der Waals surface area contributed by atoms with E-state index in [9.17, 15) is 9.90 Å². The predicted molar refractivity (Wildman–Crippen MR) is 395 cm³/mol. The first-order valence-electron chi connectivity index (χ1n) is 22.1. The standard InChI is InChI=1S/C17H16Cl2O.C7H13NO2.2C6H4Cl.2C4H8O.2BrH.2Mg.S22/c18-15-8-4-13(5-9-15)17(20,12-2-1-3-12)14-6-10-16(19)11-7-14;1-8(10-2)7(9)6-4-3-5-6;2*7-6-4-2-1-3-5-6;2*1-2-4-5-3-1;;;;;1-3-5-7-9-11-13-15-17-19-21-22-20-18-16-14-12-10-8-6-4-2/h4-12,20H,1-3H2;6H,3-5H2,1-2H3;2*2-5H;2*1-4H2;2*1H;;;/q;;2*-1;;;;;2*+2;/p-2. The van der Waals surface area contributed by atoms with Crippen LogP contribution in [0.4, 0.5) is 0 Å². The van der Waals surface area contributed by atoms with Crippen molar-refractivity contribution in [2.75, 3.05) is 40.6 Å². The van der Waals surface area contributed by atoms with E-state index in [0.29, 0.717) is 10.0 Å². The molecule has 1 amide bonds. The first-order valence-corrected chi connectivity index (χ1v) is 51.6. The summed E-state index contributed by atoms with van der Waals surface area (Å²) in [5, 5.41) is 15.6. The third kappa shape index (κ3) is 45.9. The minimum absolute atomic E-state index is 0. The summed E-state index contributed by atoms with van der Waals surface area (Å²) in [5.41, 5.74) is 0.843. The van der Waals surface area contributed by atoms with Gasteiger partial charge in [-0.05, 0) is 92.7 Å². The number of hydrogen-bond donors (Lipinski definition) is 1. The molecule has 2 saturated carbocycles. The van der Waals surface area contributed by atoms with Crippen LogP contribution in [0.5, 0.6) is 0 Å². The van der Waals surface area contributed by atoms with E-state index in [-0.39, 0.29) is 97.8 Å². The molecule has 0 radical (unpaired) electrons. The van der Waals surface area contributed by atoms with Gasteiger partial charge in [-0.1, -0.05) is 70.4 Å². The first-order chi connectivity index (χ1) is 37.1. The summed E-state index contributed by atoms with van der Waals surface area (Å²) in [5.74, 6) is 0.614. The number of amides is 1. The molecule has 4 aromatic rings. The molecular formula is C44H53Br2Cl4Mg2NO5S22. The van der Waals surface area contributed by atoms with Gasteiger partial charge in [0.2, 0.25) is 5.91 Å². The SMILES string of the molecule is C1CCOC1.C1CCOC1.CON(C)C(=O)C1CCC1.Clc1cc[c-]cc1.Clc1cc[c-]cc1.OC(c1ccc(Cl)cc1)(c1ccc(Cl)cc1)C1CCC1.S=S=S=S=S=S=S=S=S=S=S=S=S=S=S=S=S=S=S=S=S=S.[Br-].[Br-].[Mg+2].[Mg+2]. The molecule has 0 atom stereocenters. The Labute approximate surface area is 613 Å². The quantitative estimate of drug-likeness (QED) is 0.174. The van der Waals surface area contributed by atoms with Crippen LogP contribution in [0, 0.1) is 24.0 Å². The number of hydroxylamine groups is 2. The molecule has 4 aromatic carbocycles. The average Bonchev–Trinajstić information content (AvgIpc) is 4.21. The maximum Gasteiger partial charge on any atom is 2.00 e. The molecule has 0 aromatic heterocycles. The second-order valence-electron chi connectivity index (χ2n) is 14.5. The molecule has 80 heavy (non-hydrogen) atoms. The molecule has 4 aliphatic rings. The Morgan fingerprint density at radius 2 is 0.787 bits per heavy atom. The molecule has 4 fully saturated rings. The van der Waals surface area contributed by atoms with E-state index in [2.05, 4.69) is 12.1 Å². The van der Waals surface area contributed by atoms with Gasteiger partial charge in [0.25, 0.3) is 0 Å². The summed E-state index contributed by atoms with van der Waals surface area (Å²) in [7, 11) is 37.6. The van der Waals surface area contributed by atoms with Crippen LogP contribution in [0.25, 0.3) is 0 Å². The van der Waals surface area contributed by atoms with Crippen molar-refractivity contribution in [3.05, 3.63) is 140 Å². The summed E-state index contributed by atoms with van der Waals surface area (Å²) in [6.07, 6.45) is 11.6. The number of halogens is 6. The van der Waals surface area contributed by atoms with E-state index in [1.54, 1.807) is 215 Å². The van der Waals surface area contributed by atoms with Gasteiger partial charge in [0, 0.05) is 249 Å². The van der Waals surface area contributed by atoms with Crippen molar-refractivity contribution in [2.24, 2.45) is 11.8 Å². The molecule has 442 valence electrons. The monoisotopic (exact) mass is 1720 g/mol. The van der Waals surface area contributed by atoms with Gasteiger partial charge in [-0.2, -0.15) is 60.7 Å². The molecule has 2 saturated heterocycles. The van der Waals surface area contributed by atoms with Crippen LogP contribution < -0.4 is 34.0 Å². The van der Waals surface area contributed by atoms with Crippen LogP contribution >= 0.6 is 46.4 Å². The van der Waals surface area contributed by atoms with E-state index in [4.69, 9.17) is 83.1 Å². The normalized spacial score (nSPS) is 12.8. The third-order valence-corrected chi connectivity index (χ3v) is 53.1. The maximum absolute atomic E-state index is 11.4. The molecule has 2 aliphatic heterocycles. The van der Waals surface area contributed by atoms with E-state index < -0.39 is 5.60 Å². The molecule has 0 unspecified atom stereocenters. The first kappa shape index (κ1) is 88.9. The van der Waals surface area contributed by atoms with E-state index in [0.717, 1.165) is 73.3 Å². The Morgan fingerprint density at radius 3 is 0.975 bits per heavy atom. The zero-order valence-electron chi connectivity index (χ0n) is 42.5. The van der Waals surface area contributed by atoms with Crippen molar-refractivity contribution in [3.63, 3.8) is 0 Å². The van der Waals surface area contributed by atoms with E-state index in [1.165, 1.54) is 68.5 Å². The van der Waals surface area contributed by atoms with Gasteiger partial charge in [-0.15, -0.1) is 23.2 Å². The molecule has 6 nitrogen and oxygen atoms in total. The number of ether oxygens (including phenoxy) is 2. The molecule has 8 rings (SSSR count). The Kier molecular flexibility index (Phi) is 69.4. The molecule has 2 heterocycles. The van der Waals surface area contributed by atoms with Crippen molar-refractivity contribution < 1.29 is 58.2 Å². The Hall–Kier alpha value is 4.68. The zero-order valence-corrected chi connectivity index (χ0v) is 69.5. The fourth-order valence-electron chi connectivity index (χ4n) is 5.83. The van der Waals surface area contributed by atoms with Crippen LogP contribution in [-0.4, -0.2) is 103 Å². The third-order valence-electron chi connectivity index (χ3n) is 9.84. The summed E-state index contributed by atoms with van der Waals surface area (Å²) >= 11 is 32.5. The number of nitrogens with zero attached hydrogens (tertiary/aromatic N) is 1. The number of aliphatic hydroxyl groups is 1. The smallest absolute Gasteiger partial charge is 1.00 e. The van der Waals surface area contributed by atoms with Crippen LogP contribution in [0.2, 0.25) is 20.1 Å². The molecule has 1 N–H and O–H groups in total. The Morgan fingerprint density at radius 1 is 0.512 bits per heavy atom. The largest absolute Gasteiger partial charge is 2.00 e. The van der Waals surface area contributed by atoms with E-state index in [1.807, 2.05) is 48.5 Å². The number of carbonyl (C=O) groups is 1. The molecule has 36 heteroatoms. The van der Waals surface area contributed by atoms with Gasteiger partial charge < -0.3 is 48.5 Å². The minimum Gasteiger partial charge on any atom is -1.00 e. The van der Waals surface area contributed by atoms with Gasteiger partial charge >= 0.3 is 46.1 Å². The summed E-state index contributed by atoms with van der Waals surface area (Å²) in [6.45, 7) is 4.00. The number of benzene rings is 4. The second-order valence-corrected chi connectivity index (χ2v) is 51.6. The zero-order chi connectivity index (χ0) is 55.2. The van der Waals surface area contributed by atoms with Crippen LogP contribution in [0.1, 0.15) is 75.3 Å². The summed E-state index contributed by atoms with van der Waals surface area (Å²) in [6, 6.07) is 35.0. The van der Waals surface area contributed by atoms with Crippen molar-refractivity contribution in [1.82, 2.24) is 5.06 Å². The van der Waals surface area contributed by atoms with Crippen LogP contribution in [-0.2, 0) is 225 Å². The molecule has 2 aliphatic carbocycles. The van der Waals surface area contributed by atoms with Gasteiger partial charge in [-0.3, -0.25) is 9.63 Å². The minimum atomic E-state index is -0.951. The predicted octanol–water partition coefficient (Wildman–Crippen LogP) is 4.90.